The van der Waals surface area contributed by atoms with E-state index in [9.17, 15) is 9.90 Å². The number of aliphatic carboxylic acids is 1. The third-order valence-electron chi connectivity index (χ3n) is 3.52. The van der Waals surface area contributed by atoms with Crippen LogP contribution in [0.3, 0.4) is 0 Å². The van der Waals surface area contributed by atoms with Gasteiger partial charge in [0.05, 0.1) is 0 Å². The maximum Gasteiger partial charge on any atom is 0.346 e. The molecule has 0 aliphatic carbocycles. The van der Waals surface area contributed by atoms with Gasteiger partial charge < -0.3 is 10.2 Å². The third-order valence-corrected chi connectivity index (χ3v) is 3.87. The SMILES string of the molecule is CC(C)(C)c1cc(CC(O)(S)C(=O)O)cc(C(C)(C)C)c1. The maximum absolute atomic E-state index is 11.1. The standard InChI is InChI=1S/C17H26O3S/c1-15(2,3)12-7-11(10-17(20,21)14(18)19)8-13(9-12)16(4,5)6/h7-9,20-21H,10H2,1-6H3,(H,18,19). The first kappa shape index (κ1) is 18.1. The Morgan fingerprint density at radius 1 is 1.00 bits per heavy atom. The molecule has 1 unspecified atom stereocenters. The van der Waals surface area contributed by atoms with Gasteiger partial charge >= 0.3 is 5.97 Å². The predicted octanol–water partition coefficient (Wildman–Crippen LogP) is 3.53. The summed E-state index contributed by atoms with van der Waals surface area (Å²) in [7, 11) is 0. The summed E-state index contributed by atoms with van der Waals surface area (Å²) in [5, 5.41) is 18.9. The molecular weight excluding hydrogens is 284 g/mol. The first-order valence-corrected chi connectivity index (χ1v) is 7.51. The highest BCUT2D eigenvalue weighted by Gasteiger charge is 2.32. The molecular formula is C17H26O3S. The Morgan fingerprint density at radius 3 is 1.67 bits per heavy atom. The number of carbonyl (C=O) groups is 1. The fraction of sp³-hybridized carbons (Fsp3) is 0.588. The van der Waals surface area contributed by atoms with Gasteiger partial charge in [0.1, 0.15) is 0 Å². The van der Waals surface area contributed by atoms with Crippen LogP contribution in [0.5, 0.6) is 0 Å². The molecule has 2 N–H and O–H groups in total. The van der Waals surface area contributed by atoms with Crippen LogP contribution in [0.2, 0.25) is 0 Å². The number of carboxylic acid groups (broad SMARTS) is 1. The second-order valence-electron chi connectivity index (χ2n) is 7.72. The van der Waals surface area contributed by atoms with Crippen molar-refractivity contribution in [2.45, 2.75) is 63.7 Å². The van der Waals surface area contributed by atoms with Crippen molar-refractivity contribution in [2.24, 2.45) is 0 Å². The fourth-order valence-electron chi connectivity index (χ4n) is 2.02. The normalized spacial score (nSPS) is 15.6. The fourth-order valence-corrected chi connectivity index (χ4v) is 2.20. The Labute approximate surface area is 132 Å². The van der Waals surface area contributed by atoms with Gasteiger partial charge in [0, 0.05) is 6.42 Å². The van der Waals surface area contributed by atoms with Gasteiger partial charge in [-0.2, -0.15) is 0 Å². The van der Waals surface area contributed by atoms with Crippen LogP contribution in [0, 0.1) is 0 Å². The summed E-state index contributed by atoms with van der Waals surface area (Å²) in [5.74, 6) is -1.33. The van der Waals surface area contributed by atoms with Crippen LogP contribution in [0.15, 0.2) is 18.2 Å². The molecule has 0 spiro atoms. The zero-order valence-electron chi connectivity index (χ0n) is 13.7. The van der Waals surface area contributed by atoms with Crippen molar-refractivity contribution >= 4 is 18.6 Å². The van der Waals surface area contributed by atoms with Gasteiger partial charge in [-0.3, -0.25) is 0 Å². The van der Waals surface area contributed by atoms with Crippen molar-refractivity contribution in [3.8, 4) is 0 Å². The summed E-state index contributed by atoms with van der Waals surface area (Å²) < 4.78 is 0. The molecule has 0 aromatic heterocycles. The molecule has 1 rings (SSSR count). The van der Waals surface area contributed by atoms with E-state index in [1.54, 1.807) is 0 Å². The molecule has 0 radical (unpaired) electrons. The van der Waals surface area contributed by atoms with E-state index in [-0.39, 0.29) is 17.3 Å². The number of aliphatic hydroxyl groups is 1. The van der Waals surface area contributed by atoms with E-state index in [1.165, 1.54) is 0 Å². The van der Waals surface area contributed by atoms with Crippen molar-refractivity contribution in [3.05, 3.63) is 34.9 Å². The lowest BCUT2D eigenvalue weighted by molar-refractivity contribution is -0.149. The molecule has 1 aromatic rings. The monoisotopic (exact) mass is 310 g/mol. The van der Waals surface area contributed by atoms with Gasteiger partial charge in [0.15, 0.2) is 0 Å². The second kappa shape index (κ2) is 5.65. The molecule has 118 valence electrons. The number of thiol groups is 1. The highest BCUT2D eigenvalue weighted by atomic mass is 32.1. The molecule has 1 atom stereocenters. The number of hydrogen-bond acceptors (Lipinski definition) is 3. The Balaban J connectivity index is 3.36. The summed E-state index contributed by atoms with van der Waals surface area (Å²) in [4.78, 5) is 9.01. The minimum Gasteiger partial charge on any atom is -0.478 e. The molecule has 0 saturated carbocycles. The highest BCUT2D eigenvalue weighted by Crippen LogP contribution is 2.31. The average Bonchev–Trinajstić information content (AvgIpc) is 2.25. The van der Waals surface area contributed by atoms with Crippen LogP contribution < -0.4 is 0 Å². The molecule has 4 heteroatoms. The minimum absolute atomic E-state index is 0.0293. The van der Waals surface area contributed by atoms with E-state index in [0.717, 1.165) is 16.7 Å². The topological polar surface area (TPSA) is 57.5 Å². The van der Waals surface area contributed by atoms with Gasteiger partial charge in [-0.15, -0.1) is 12.6 Å². The van der Waals surface area contributed by atoms with Crippen molar-refractivity contribution < 1.29 is 15.0 Å². The van der Waals surface area contributed by atoms with Crippen LogP contribution in [0.4, 0.5) is 0 Å². The molecule has 3 nitrogen and oxygen atoms in total. The zero-order valence-corrected chi connectivity index (χ0v) is 14.6. The quantitative estimate of drug-likeness (QED) is 0.591. The van der Waals surface area contributed by atoms with Crippen LogP contribution in [0.25, 0.3) is 0 Å². The van der Waals surface area contributed by atoms with Crippen LogP contribution in [0.1, 0.15) is 58.2 Å². The van der Waals surface area contributed by atoms with E-state index in [2.05, 4.69) is 60.2 Å². The Bertz CT molecular complexity index is 502. The summed E-state index contributed by atoms with van der Waals surface area (Å²) in [6.07, 6.45) is -0.0293. The van der Waals surface area contributed by atoms with Gasteiger partial charge in [0.2, 0.25) is 4.93 Å². The van der Waals surface area contributed by atoms with Crippen molar-refractivity contribution in [1.29, 1.82) is 0 Å². The second-order valence-corrected chi connectivity index (χ2v) is 8.46. The Hall–Kier alpha value is -1.00. The summed E-state index contributed by atoms with van der Waals surface area (Å²) in [5.41, 5.74) is 2.94. The van der Waals surface area contributed by atoms with E-state index in [0.29, 0.717) is 0 Å². The van der Waals surface area contributed by atoms with E-state index < -0.39 is 10.9 Å². The molecule has 0 heterocycles. The Kier molecular flexibility index (Phi) is 4.86. The number of hydrogen-bond donors (Lipinski definition) is 3. The number of benzene rings is 1. The molecule has 0 saturated heterocycles. The first-order chi connectivity index (χ1) is 9.23. The van der Waals surface area contributed by atoms with E-state index >= 15 is 0 Å². The Morgan fingerprint density at radius 2 is 1.38 bits per heavy atom. The molecule has 0 aliphatic heterocycles. The number of carboxylic acids is 1. The predicted molar refractivity (Wildman–Crippen MR) is 89.1 cm³/mol. The lowest BCUT2D eigenvalue weighted by Gasteiger charge is -2.27. The van der Waals surface area contributed by atoms with Crippen molar-refractivity contribution in [3.63, 3.8) is 0 Å². The van der Waals surface area contributed by atoms with E-state index in [1.807, 2.05) is 12.1 Å². The lowest BCUT2D eigenvalue weighted by atomic mass is 9.79. The van der Waals surface area contributed by atoms with Gasteiger partial charge in [0.25, 0.3) is 0 Å². The van der Waals surface area contributed by atoms with Gasteiger partial charge in [-0.1, -0.05) is 59.7 Å². The molecule has 0 amide bonds. The largest absolute Gasteiger partial charge is 0.478 e. The van der Waals surface area contributed by atoms with Crippen molar-refractivity contribution in [2.75, 3.05) is 0 Å². The number of rotatable bonds is 3. The summed E-state index contributed by atoms with van der Waals surface area (Å²) >= 11 is 3.86. The van der Waals surface area contributed by atoms with Crippen molar-refractivity contribution in [1.82, 2.24) is 0 Å². The summed E-state index contributed by atoms with van der Waals surface area (Å²) in [6, 6.07) is 6.07. The summed E-state index contributed by atoms with van der Waals surface area (Å²) in [6.45, 7) is 12.7. The third kappa shape index (κ3) is 4.75. The molecule has 0 bridgehead atoms. The molecule has 1 aromatic carbocycles. The molecule has 0 fully saturated rings. The zero-order chi connectivity index (χ0) is 16.6. The smallest absolute Gasteiger partial charge is 0.346 e. The maximum atomic E-state index is 11.1. The average molecular weight is 310 g/mol. The van der Waals surface area contributed by atoms with E-state index in [4.69, 9.17) is 5.11 Å². The molecule has 0 aliphatic rings. The molecule has 21 heavy (non-hydrogen) atoms. The van der Waals surface area contributed by atoms with Crippen LogP contribution in [-0.4, -0.2) is 21.1 Å². The minimum atomic E-state index is -2.05. The van der Waals surface area contributed by atoms with Crippen LogP contribution >= 0.6 is 12.6 Å². The van der Waals surface area contributed by atoms with Crippen LogP contribution in [-0.2, 0) is 22.0 Å². The highest BCUT2D eigenvalue weighted by molar-refractivity contribution is 7.82. The lowest BCUT2D eigenvalue weighted by Crippen LogP contribution is -2.34. The van der Waals surface area contributed by atoms with Gasteiger partial charge in [-0.05, 0) is 27.5 Å². The van der Waals surface area contributed by atoms with Gasteiger partial charge in [-0.25, -0.2) is 4.79 Å². The first-order valence-electron chi connectivity index (χ1n) is 7.06.